The molecule has 162 valence electrons. The normalized spacial score (nSPS) is 12.1. The molecule has 4 rings (SSSR count). The van der Waals surface area contributed by atoms with E-state index < -0.39 is 15.8 Å². The van der Waals surface area contributed by atoms with Crippen LogP contribution >= 0.6 is 0 Å². The van der Waals surface area contributed by atoms with Gasteiger partial charge in [-0.25, -0.2) is 12.8 Å². The van der Waals surface area contributed by atoms with Crippen LogP contribution in [0.4, 0.5) is 4.39 Å². The molecule has 0 aliphatic carbocycles. The first kappa shape index (κ1) is 21.7. The summed E-state index contributed by atoms with van der Waals surface area (Å²) < 4.78 is 46.4. The fourth-order valence-corrected chi connectivity index (χ4v) is 4.41. The van der Waals surface area contributed by atoms with Gasteiger partial charge in [-0.15, -0.1) is 0 Å². The molecule has 0 aliphatic rings. The van der Waals surface area contributed by atoms with Gasteiger partial charge in [-0.3, -0.25) is 4.79 Å². The van der Waals surface area contributed by atoms with Crippen LogP contribution in [0.1, 0.15) is 16.7 Å². The average molecular weight is 450 g/mol. The molecule has 0 fully saturated rings. The number of fused-ring (bicyclic) bond motifs is 1. The van der Waals surface area contributed by atoms with E-state index in [4.69, 9.17) is 4.42 Å². The van der Waals surface area contributed by atoms with Crippen molar-refractivity contribution in [1.82, 2.24) is 4.31 Å². The van der Waals surface area contributed by atoms with Gasteiger partial charge in [0.2, 0.25) is 10.0 Å². The second-order valence-corrected chi connectivity index (χ2v) is 9.06. The zero-order chi connectivity index (χ0) is 22.6. The number of para-hydroxylation sites is 1. The Hall–Kier alpha value is -3.55. The molecule has 0 saturated heterocycles. The van der Waals surface area contributed by atoms with Crippen LogP contribution in [0.3, 0.4) is 0 Å². The van der Waals surface area contributed by atoms with Gasteiger partial charge in [0.25, 0.3) is 0 Å². The van der Waals surface area contributed by atoms with Gasteiger partial charge >= 0.3 is 0 Å². The van der Waals surface area contributed by atoms with Gasteiger partial charge in [0.05, 0.1) is 17.2 Å². The fourth-order valence-electron chi connectivity index (χ4n) is 3.26. The summed E-state index contributed by atoms with van der Waals surface area (Å²) in [5.74, 6) is -0.415. The number of benzene rings is 3. The van der Waals surface area contributed by atoms with Crippen molar-refractivity contribution in [3.63, 3.8) is 0 Å². The lowest BCUT2D eigenvalue weighted by atomic mass is 10.1. The van der Waals surface area contributed by atoms with E-state index in [0.29, 0.717) is 16.5 Å². The molecule has 1 heterocycles. The molecule has 0 unspecified atom stereocenters. The first-order valence-electron chi connectivity index (χ1n) is 9.89. The lowest BCUT2D eigenvalue weighted by Crippen LogP contribution is -2.30. The topological polar surface area (TPSA) is 67.6 Å². The standard InChI is InChI=1S/C25H20FNO4S/c26-22-12-10-20(11-13-22)16-27(32(29,30)15-14-19-6-2-1-3-7-19)17-21-18-31-24-9-5-4-8-23(24)25(21)28/h1-15,18H,16-17H2/b15-14+. The molecule has 0 bridgehead atoms. The van der Waals surface area contributed by atoms with E-state index in [2.05, 4.69) is 0 Å². The number of sulfonamides is 1. The highest BCUT2D eigenvalue weighted by Gasteiger charge is 2.22. The van der Waals surface area contributed by atoms with E-state index in [1.165, 1.54) is 40.9 Å². The van der Waals surface area contributed by atoms with Crippen molar-refractivity contribution in [1.29, 1.82) is 0 Å². The SMILES string of the molecule is O=c1c(CN(Cc2ccc(F)cc2)S(=O)(=O)/C=C/c2ccccc2)coc2ccccc12. The van der Waals surface area contributed by atoms with Gasteiger partial charge in [-0.05, 0) is 41.5 Å². The summed E-state index contributed by atoms with van der Waals surface area (Å²) in [6.45, 7) is -0.222. The van der Waals surface area contributed by atoms with Gasteiger partial charge in [-0.1, -0.05) is 54.6 Å². The highest BCUT2D eigenvalue weighted by atomic mass is 32.2. The Bertz CT molecular complexity index is 1410. The Morgan fingerprint density at radius 1 is 0.875 bits per heavy atom. The highest BCUT2D eigenvalue weighted by molar-refractivity contribution is 7.92. The Kier molecular flexibility index (Phi) is 6.30. The predicted molar refractivity (Wildman–Crippen MR) is 123 cm³/mol. The molecule has 32 heavy (non-hydrogen) atoms. The summed E-state index contributed by atoms with van der Waals surface area (Å²) in [6, 6.07) is 21.4. The number of nitrogens with zero attached hydrogens (tertiary/aromatic N) is 1. The van der Waals surface area contributed by atoms with Crippen molar-refractivity contribution in [2.75, 3.05) is 0 Å². The largest absolute Gasteiger partial charge is 0.464 e. The zero-order valence-corrected chi connectivity index (χ0v) is 17.8. The van der Waals surface area contributed by atoms with E-state index in [9.17, 15) is 17.6 Å². The molecule has 0 saturated carbocycles. The fraction of sp³-hybridized carbons (Fsp3) is 0.0800. The van der Waals surface area contributed by atoms with E-state index in [1.807, 2.05) is 18.2 Å². The Balaban J connectivity index is 1.70. The summed E-state index contributed by atoms with van der Waals surface area (Å²) >= 11 is 0. The Morgan fingerprint density at radius 2 is 1.56 bits per heavy atom. The van der Waals surface area contributed by atoms with Crippen LogP contribution in [0.15, 0.2) is 99.7 Å². The summed E-state index contributed by atoms with van der Waals surface area (Å²) in [6.07, 6.45) is 2.79. The van der Waals surface area contributed by atoms with E-state index >= 15 is 0 Å². The second kappa shape index (κ2) is 9.30. The Morgan fingerprint density at radius 3 is 2.31 bits per heavy atom. The number of halogens is 1. The molecule has 7 heteroatoms. The first-order valence-corrected chi connectivity index (χ1v) is 11.4. The monoisotopic (exact) mass is 449 g/mol. The average Bonchev–Trinajstić information content (AvgIpc) is 2.81. The molecular weight excluding hydrogens is 429 g/mol. The maximum absolute atomic E-state index is 13.3. The zero-order valence-electron chi connectivity index (χ0n) is 17.0. The lowest BCUT2D eigenvalue weighted by Gasteiger charge is -2.20. The van der Waals surface area contributed by atoms with Crippen LogP contribution in [-0.2, 0) is 23.1 Å². The van der Waals surface area contributed by atoms with Gasteiger partial charge in [0, 0.05) is 18.5 Å². The van der Waals surface area contributed by atoms with Gasteiger partial charge in [-0.2, -0.15) is 4.31 Å². The number of rotatable bonds is 7. The summed E-state index contributed by atoms with van der Waals surface area (Å²) in [4.78, 5) is 12.9. The minimum absolute atomic E-state index is 0.0337. The maximum Gasteiger partial charge on any atom is 0.236 e. The maximum atomic E-state index is 13.3. The van der Waals surface area contributed by atoms with Crippen LogP contribution in [-0.4, -0.2) is 12.7 Å². The molecule has 0 aliphatic heterocycles. The molecule has 0 radical (unpaired) electrons. The van der Waals surface area contributed by atoms with Crippen molar-refractivity contribution in [2.24, 2.45) is 0 Å². The minimum atomic E-state index is -3.92. The first-order chi connectivity index (χ1) is 15.4. The van der Waals surface area contributed by atoms with Crippen LogP contribution in [0.25, 0.3) is 17.0 Å². The number of hydrogen-bond acceptors (Lipinski definition) is 4. The molecule has 0 N–H and O–H groups in total. The van der Waals surface area contributed by atoms with Crippen molar-refractivity contribution < 1.29 is 17.2 Å². The van der Waals surface area contributed by atoms with E-state index in [0.717, 1.165) is 11.0 Å². The predicted octanol–water partition coefficient (Wildman–Crippen LogP) is 4.94. The van der Waals surface area contributed by atoms with E-state index in [1.54, 1.807) is 36.4 Å². The highest BCUT2D eigenvalue weighted by Crippen LogP contribution is 2.18. The molecule has 0 amide bonds. The molecule has 5 nitrogen and oxygen atoms in total. The molecule has 4 aromatic rings. The molecule has 1 aromatic heterocycles. The molecule has 0 spiro atoms. The molecule has 0 atom stereocenters. The van der Waals surface area contributed by atoms with Crippen molar-refractivity contribution in [3.05, 3.63) is 123 Å². The quantitative estimate of drug-likeness (QED) is 0.401. The van der Waals surface area contributed by atoms with E-state index in [-0.39, 0.29) is 24.1 Å². The molecular formula is C25H20FNO4S. The van der Waals surface area contributed by atoms with Crippen LogP contribution in [0, 0.1) is 5.82 Å². The third-order valence-electron chi connectivity index (χ3n) is 4.96. The second-order valence-electron chi connectivity index (χ2n) is 7.24. The van der Waals surface area contributed by atoms with Crippen molar-refractivity contribution >= 4 is 27.1 Å². The van der Waals surface area contributed by atoms with Gasteiger partial charge in [0.15, 0.2) is 5.43 Å². The van der Waals surface area contributed by atoms with Crippen LogP contribution in [0.2, 0.25) is 0 Å². The summed E-state index contributed by atoms with van der Waals surface area (Å²) in [5, 5.41) is 1.48. The van der Waals surface area contributed by atoms with Gasteiger partial charge < -0.3 is 4.42 Å². The minimum Gasteiger partial charge on any atom is -0.464 e. The van der Waals surface area contributed by atoms with Crippen LogP contribution < -0.4 is 5.43 Å². The van der Waals surface area contributed by atoms with Crippen LogP contribution in [0.5, 0.6) is 0 Å². The van der Waals surface area contributed by atoms with Crippen molar-refractivity contribution in [3.8, 4) is 0 Å². The molecule has 3 aromatic carbocycles. The lowest BCUT2D eigenvalue weighted by molar-refractivity contribution is 0.402. The Labute approximate surface area is 185 Å². The number of hydrogen-bond donors (Lipinski definition) is 0. The third-order valence-corrected chi connectivity index (χ3v) is 6.42. The van der Waals surface area contributed by atoms with Gasteiger partial charge in [0.1, 0.15) is 11.4 Å². The summed E-state index contributed by atoms with van der Waals surface area (Å²) in [5.41, 5.74) is 1.66. The smallest absolute Gasteiger partial charge is 0.236 e. The third kappa shape index (κ3) is 5.01. The van der Waals surface area contributed by atoms with Crippen molar-refractivity contribution in [2.45, 2.75) is 13.1 Å². The summed E-state index contributed by atoms with van der Waals surface area (Å²) in [7, 11) is -3.92.